The molecular formula is C13H18BrN5. The Balaban J connectivity index is 2.29. The van der Waals surface area contributed by atoms with Gasteiger partial charge in [0.2, 0.25) is 0 Å². The molecule has 102 valence electrons. The lowest BCUT2D eigenvalue weighted by atomic mass is 10.1. The van der Waals surface area contributed by atoms with Crippen molar-refractivity contribution in [3.05, 3.63) is 33.6 Å². The number of hydrogen-bond acceptors (Lipinski definition) is 4. The summed E-state index contributed by atoms with van der Waals surface area (Å²) in [5, 5.41) is 15.2. The van der Waals surface area contributed by atoms with E-state index in [1.807, 2.05) is 0 Å². The lowest BCUT2D eigenvalue weighted by Crippen LogP contribution is -2.17. The molecule has 0 unspecified atom stereocenters. The summed E-state index contributed by atoms with van der Waals surface area (Å²) in [6.45, 7) is 7.91. The number of aromatic nitrogens is 4. The molecule has 6 heteroatoms. The number of halogens is 1. The number of hydrogen-bond donors (Lipinski definition) is 1. The van der Waals surface area contributed by atoms with Crippen molar-refractivity contribution in [3.8, 4) is 5.69 Å². The lowest BCUT2D eigenvalue weighted by molar-refractivity contribution is 0.632. The topological polar surface area (TPSA) is 55.6 Å². The van der Waals surface area contributed by atoms with E-state index in [-0.39, 0.29) is 0 Å². The summed E-state index contributed by atoms with van der Waals surface area (Å²) in [6, 6.07) is 4.16. The van der Waals surface area contributed by atoms with Crippen molar-refractivity contribution < 1.29 is 0 Å². The van der Waals surface area contributed by atoms with Gasteiger partial charge in [-0.15, -0.1) is 5.10 Å². The van der Waals surface area contributed by atoms with Gasteiger partial charge in [-0.1, -0.05) is 22.9 Å². The van der Waals surface area contributed by atoms with Gasteiger partial charge in [0.25, 0.3) is 0 Å². The lowest BCUT2D eigenvalue weighted by Gasteiger charge is -2.09. The van der Waals surface area contributed by atoms with Gasteiger partial charge in [0, 0.05) is 4.47 Å². The first-order valence-electron chi connectivity index (χ1n) is 6.38. The van der Waals surface area contributed by atoms with Crippen molar-refractivity contribution in [3.63, 3.8) is 0 Å². The van der Waals surface area contributed by atoms with Gasteiger partial charge in [-0.2, -0.15) is 4.68 Å². The van der Waals surface area contributed by atoms with Crippen LogP contribution in [-0.4, -0.2) is 26.8 Å². The zero-order valence-electron chi connectivity index (χ0n) is 11.4. The maximum absolute atomic E-state index is 4.08. The molecule has 0 bridgehead atoms. The fourth-order valence-electron chi connectivity index (χ4n) is 1.94. The third kappa shape index (κ3) is 3.19. The second kappa shape index (κ2) is 6.25. The van der Waals surface area contributed by atoms with Crippen LogP contribution in [0.3, 0.4) is 0 Å². The Labute approximate surface area is 121 Å². The molecule has 1 aromatic carbocycles. The van der Waals surface area contributed by atoms with Gasteiger partial charge in [-0.25, -0.2) is 0 Å². The molecule has 0 fully saturated rings. The maximum Gasteiger partial charge on any atom is 0.170 e. The summed E-state index contributed by atoms with van der Waals surface area (Å²) < 4.78 is 2.92. The van der Waals surface area contributed by atoms with Crippen molar-refractivity contribution in [2.75, 3.05) is 6.54 Å². The highest BCUT2D eigenvalue weighted by Crippen LogP contribution is 2.24. The SMILES string of the molecule is CCCNCc1nnnn1-c1cc(C)c(Br)c(C)c1. The minimum Gasteiger partial charge on any atom is -0.310 e. The summed E-state index contributed by atoms with van der Waals surface area (Å²) in [7, 11) is 0. The monoisotopic (exact) mass is 323 g/mol. The molecule has 1 heterocycles. The second-order valence-electron chi connectivity index (χ2n) is 4.58. The van der Waals surface area contributed by atoms with Crippen molar-refractivity contribution in [2.45, 2.75) is 33.7 Å². The van der Waals surface area contributed by atoms with E-state index in [4.69, 9.17) is 0 Å². The van der Waals surface area contributed by atoms with Gasteiger partial charge >= 0.3 is 0 Å². The fraction of sp³-hybridized carbons (Fsp3) is 0.462. The van der Waals surface area contributed by atoms with Gasteiger partial charge in [-0.3, -0.25) is 0 Å². The molecule has 0 amide bonds. The number of benzene rings is 1. The summed E-state index contributed by atoms with van der Waals surface area (Å²) in [4.78, 5) is 0. The van der Waals surface area contributed by atoms with Crippen LogP contribution in [0.2, 0.25) is 0 Å². The quantitative estimate of drug-likeness (QED) is 0.859. The Hall–Kier alpha value is -1.27. The van der Waals surface area contributed by atoms with Gasteiger partial charge in [-0.05, 0) is 60.5 Å². The molecule has 0 saturated carbocycles. The van der Waals surface area contributed by atoms with E-state index in [0.29, 0.717) is 6.54 Å². The number of tetrazole rings is 1. The normalized spacial score (nSPS) is 10.9. The van der Waals surface area contributed by atoms with Gasteiger partial charge in [0.05, 0.1) is 12.2 Å². The predicted molar refractivity (Wildman–Crippen MR) is 78.3 cm³/mol. The zero-order chi connectivity index (χ0) is 13.8. The first-order chi connectivity index (χ1) is 9.13. The predicted octanol–water partition coefficient (Wildman–Crippen LogP) is 2.54. The second-order valence-corrected chi connectivity index (χ2v) is 5.37. The molecule has 0 radical (unpaired) electrons. The molecule has 0 spiro atoms. The number of rotatable bonds is 5. The van der Waals surface area contributed by atoms with E-state index < -0.39 is 0 Å². The minimum absolute atomic E-state index is 0.676. The largest absolute Gasteiger partial charge is 0.310 e. The molecule has 1 N–H and O–H groups in total. The number of nitrogens with zero attached hydrogens (tertiary/aromatic N) is 4. The van der Waals surface area contributed by atoms with Crippen LogP contribution < -0.4 is 5.32 Å². The van der Waals surface area contributed by atoms with E-state index >= 15 is 0 Å². The van der Waals surface area contributed by atoms with Crippen molar-refractivity contribution in [1.29, 1.82) is 0 Å². The standard InChI is InChI=1S/C13H18BrN5/c1-4-5-15-8-12-16-17-18-19(12)11-6-9(2)13(14)10(3)7-11/h6-7,15H,4-5,8H2,1-3H3. The Bertz CT molecular complexity index is 541. The highest BCUT2D eigenvalue weighted by Gasteiger charge is 2.10. The molecular weight excluding hydrogens is 306 g/mol. The molecule has 1 aromatic heterocycles. The summed E-state index contributed by atoms with van der Waals surface area (Å²) in [5.74, 6) is 0.828. The smallest absolute Gasteiger partial charge is 0.170 e. The van der Waals surface area contributed by atoms with Crippen LogP contribution in [0.5, 0.6) is 0 Å². The highest BCUT2D eigenvalue weighted by atomic mass is 79.9. The Kier molecular flexibility index (Phi) is 4.66. The zero-order valence-corrected chi connectivity index (χ0v) is 13.0. The third-order valence-electron chi connectivity index (χ3n) is 2.91. The van der Waals surface area contributed by atoms with E-state index in [1.54, 1.807) is 4.68 Å². The molecule has 0 aliphatic rings. The van der Waals surface area contributed by atoms with Crippen molar-refractivity contribution >= 4 is 15.9 Å². The molecule has 2 aromatic rings. The summed E-state index contributed by atoms with van der Waals surface area (Å²) in [5.41, 5.74) is 3.35. The van der Waals surface area contributed by atoms with E-state index in [9.17, 15) is 0 Å². The average molecular weight is 324 g/mol. The molecule has 0 aliphatic carbocycles. The van der Waals surface area contributed by atoms with Crippen LogP contribution in [0.1, 0.15) is 30.3 Å². The van der Waals surface area contributed by atoms with Gasteiger partial charge in [0.15, 0.2) is 5.82 Å². The molecule has 19 heavy (non-hydrogen) atoms. The average Bonchev–Trinajstić information content (AvgIpc) is 2.84. The number of nitrogens with one attached hydrogen (secondary N) is 1. The molecule has 5 nitrogen and oxygen atoms in total. The maximum atomic E-state index is 4.08. The van der Waals surface area contributed by atoms with E-state index in [1.165, 1.54) is 11.1 Å². The van der Waals surface area contributed by atoms with Gasteiger partial charge < -0.3 is 5.32 Å². The molecule has 2 rings (SSSR count). The van der Waals surface area contributed by atoms with Crippen LogP contribution in [0, 0.1) is 13.8 Å². The Morgan fingerprint density at radius 1 is 1.26 bits per heavy atom. The summed E-state index contributed by atoms with van der Waals surface area (Å²) >= 11 is 3.57. The van der Waals surface area contributed by atoms with Crippen LogP contribution >= 0.6 is 15.9 Å². The first kappa shape index (κ1) is 14.1. The van der Waals surface area contributed by atoms with Crippen molar-refractivity contribution in [2.24, 2.45) is 0 Å². The Morgan fingerprint density at radius 3 is 2.58 bits per heavy atom. The Morgan fingerprint density at radius 2 is 1.95 bits per heavy atom. The van der Waals surface area contributed by atoms with Crippen molar-refractivity contribution in [1.82, 2.24) is 25.5 Å². The van der Waals surface area contributed by atoms with Gasteiger partial charge in [0.1, 0.15) is 0 Å². The van der Waals surface area contributed by atoms with Crippen LogP contribution in [0.4, 0.5) is 0 Å². The van der Waals surface area contributed by atoms with Crippen LogP contribution in [0.25, 0.3) is 5.69 Å². The van der Waals surface area contributed by atoms with Crippen LogP contribution in [-0.2, 0) is 6.54 Å². The molecule has 0 atom stereocenters. The van der Waals surface area contributed by atoms with E-state index in [2.05, 4.69) is 69.7 Å². The minimum atomic E-state index is 0.676. The van der Waals surface area contributed by atoms with Crippen LogP contribution in [0.15, 0.2) is 16.6 Å². The first-order valence-corrected chi connectivity index (χ1v) is 7.18. The highest BCUT2D eigenvalue weighted by molar-refractivity contribution is 9.10. The van der Waals surface area contributed by atoms with E-state index in [0.717, 1.165) is 29.0 Å². The molecule has 0 aliphatic heterocycles. The number of aryl methyl sites for hydroxylation is 2. The molecule has 0 saturated heterocycles. The summed E-state index contributed by atoms with van der Waals surface area (Å²) in [6.07, 6.45) is 1.10. The fourth-order valence-corrected chi connectivity index (χ4v) is 2.17. The third-order valence-corrected chi connectivity index (χ3v) is 4.16.